The number of halogens is 1. The average molecular weight is 303 g/mol. The van der Waals surface area contributed by atoms with Crippen LogP contribution in [0.5, 0.6) is 5.88 Å². The van der Waals surface area contributed by atoms with E-state index in [1.165, 1.54) is 11.7 Å². The molecule has 2 aromatic rings. The van der Waals surface area contributed by atoms with Crippen LogP contribution in [0.1, 0.15) is 6.92 Å². The molecule has 0 bridgehead atoms. The second-order valence-electron chi connectivity index (χ2n) is 3.55. The van der Waals surface area contributed by atoms with Gasteiger partial charge in [-0.3, -0.25) is 4.57 Å². The number of pyridine rings is 1. The highest BCUT2D eigenvalue weighted by Crippen LogP contribution is 2.28. The minimum atomic E-state index is -3.95. The fourth-order valence-corrected chi connectivity index (χ4v) is 2.64. The van der Waals surface area contributed by atoms with Gasteiger partial charge in [0.15, 0.2) is 5.82 Å². The first-order valence-corrected chi connectivity index (χ1v) is 7.67. The number of methoxy groups -OCH3 is 1. The minimum absolute atomic E-state index is 0.294. The summed E-state index contributed by atoms with van der Waals surface area (Å²) in [5.41, 5.74) is 0.547. The number of hydrogen-bond donors (Lipinski definition) is 0. The number of ether oxygens (including phenoxy) is 1. The molecule has 0 aromatic carbocycles. The van der Waals surface area contributed by atoms with Crippen LogP contribution in [0.2, 0.25) is 0 Å². The monoisotopic (exact) mass is 302 g/mol. The van der Waals surface area contributed by atoms with E-state index in [0.717, 1.165) is 0 Å². The molecule has 0 atom stereocenters. The second kappa shape index (κ2) is 5.14. The van der Waals surface area contributed by atoms with Gasteiger partial charge >= 0.3 is 0 Å². The molecule has 0 aliphatic carbocycles. The summed E-state index contributed by atoms with van der Waals surface area (Å²) in [6, 6.07) is 3.41. The minimum Gasteiger partial charge on any atom is -0.480 e. The molecule has 0 radical (unpaired) electrons. The Morgan fingerprint density at radius 1 is 1.42 bits per heavy atom. The lowest BCUT2D eigenvalue weighted by Gasteiger charge is -2.08. The van der Waals surface area contributed by atoms with E-state index in [0.29, 0.717) is 23.8 Å². The summed E-state index contributed by atoms with van der Waals surface area (Å²) >= 11 is 0. The maximum atomic E-state index is 11.4. The van der Waals surface area contributed by atoms with Gasteiger partial charge in [0.1, 0.15) is 0 Å². The Bertz CT molecular complexity index is 699. The molecule has 102 valence electrons. The van der Waals surface area contributed by atoms with Crippen LogP contribution < -0.4 is 4.74 Å². The first kappa shape index (κ1) is 13.8. The highest BCUT2D eigenvalue weighted by molar-refractivity contribution is 8.13. The molecule has 2 aromatic heterocycles. The Labute approximate surface area is 114 Å². The van der Waals surface area contributed by atoms with Crippen molar-refractivity contribution in [3.05, 3.63) is 18.3 Å². The predicted octanol–water partition coefficient (Wildman–Crippen LogP) is 1.30. The maximum absolute atomic E-state index is 11.4. The summed E-state index contributed by atoms with van der Waals surface area (Å²) < 4.78 is 29.3. The van der Waals surface area contributed by atoms with E-state index < -0.39 is 9.05 Å². The fourth-order valence-electron chi connectivity index (χ4n) is 1.68. The molecule has 0 N–H and O–H groups in total. The largest absolute Gasteiger partial charge is 0.480 e. The standard InChI is InChI=1S/C10H11ClN4O3S/c1-3-15-8(13-14-10(15)19(11,16)17)7-5-4-6-12-9(7)18-2/h4-6H,3H2,1-2H3. The summed E-state index contributed by atoms with van der Waals surface area (Å²) in [4.78, 5) is 4.03. The van der Waals surface area contributed by atoms with Crippen molar-refractivity contribution in [1.82, 2.24) is 19.7 Å². The molecule has 0 unspecified atom stereocenters. The van der Waals surface area contributed by atoms with Gasteiger partial charge in [-0.2, -0.15) is 0 Å². The third kappa shape index (κ3) is 2.54. The predicted molar refractivity (Wildman–Crippen MR) is 68.5 cm³/mol. The van der Waals surface area contributed by atoms with Crippen molar-refractivity contribution in [3.8, 4) is 17.3 Å². The van der Waals surface area contributed by atoms with Gasteiger partial charge in [0, 0.05) is 23.4 Å². The molecular formula is C10H11ClN4O3S. The molecule has 7 nitrogen and oxygen atoms in total. The van der Waals surface area contributed by atoms with Crippen LogP contribution in [0.15, 0.2) is 23.5 Å². The van der Waals surface area contributed by atoms with Crippen molar-refractivity contribution in [2.75, 3.05) is 7.11 Å². The summed E-state index contributed by atoms with van der Waals surface area (Å²) in [6.07, 6.45) is 1.56. The lowest BCUT2D eigenvalue weighted by Crippen LogP contribution is -2.06. The van der Waals surface area contributed by atoms with Crippen molar-refractivity contribution in [3.63, 3.8) is 0 Å². The molecule has 9 heteroatoms. The van der Waals surface area contributed by atoms with Gasteiger partial charge in [0.2, 0.25) is 5.88 Å². The zero-order chi connectivity index (χ0) is 14.0. The topological polar surface area (TPSA) is 87.0 Å². The van der Waals surface area contributed by atoms with Crippen LogP contribution >= 0.6 is 10.7 Å². The SMILES string of the molecule is CCn1c(-c2cccnc2OC)nnc1S(=O)(=O)Cl. The summed E-state index contributed by atoms with van der Waals surface area (Å²) in [5.74, 6) is 0.676. The number of nitrogens with zero attached hydrogens (tertiary/aromatic N) is 4. The van der Waals surface area contributed by atoms with E-state index in [-0.39, 0.29) is 5.16 Å². The fraction of sp³-hybridized carbons (Fsp3) is 0.300. The van der Waals surface area contributed by atoms with Crippen LogP contribution in [-0.4, -0.2) is 35.3 Å². The van der Waals surface area contributed by atoms with Gasteiger partial charge in [0.25, 0.3) is 14.2 Å². The zero-order valence-corrected chi connectivity index (χ0v) is 11.8. The summed E-state index contributed by atoms with van der Waals surface area (Å²) in [5, 5.41) is 7.19. The van der Waals surface area contributed by atoms with E-state index in [1.807, 2.05) is 0 Å². The number of rotatable bonds is 4. The van der Waals surface area contributed by atoms with Crippen molar-refractivity contribution < 1.29 is 13.2 Å². The van der Waals surface area contributed by atoms with E-state index in [2.05, 4.69) is 15.2 Å². The molecule has 0 spiro atoms. The highest BCUT2D eigenvalue weighted by Gasteiger charge is 2.24. The van der Waals surface area contributed by atoms with E-state index in [9.17, 15) is 8.42 Å². The Kier molecular flexibility index (Phi) is 3.72. The van der Waals surface area contributed by atoms with Gasteiger partial charge in [-0.1, -0.05) is 0 Å². The summed E-state index contributed by atoms with van der Waals surface area (Å²) in [7, 11) is 2.84. The van der Waals surface area contributed by atoms with Crippen LogP contribution in [0, 0.1) is 0 Å². The van der Waals surface area contributed by atoms with Gasteiger partial charge in [-0.25, -0.2) is 13.4 Å². The zero-order valence-electron chi connectivity index (χ0n) is 10.2. The lowest BCUT2D eigenvalue weighted by molar-refractivity contribution is 0.399. The van der Waals surface area contributed by atoms with Crippen LogP contribution in [0.3, 0.4) is 0 Å². The Hall–Kier alpha value is -1.67. The molecule has 0 aliphatic rings. The third-order valence-electron chi connectivity index (χ3n) is 2.46. The van der Waals surface area contributed by atoms with Crippen molar-refractivity contribution in [2.24, 2.45) is 0 Å². The number of aromatic nitrogens is 4. The molecule has 19 heavy (non-hydrogen) atoms. The smallest absolute Gasteiger partial charge is 0.296 e. The molecule has 0 fully saturated rings. The quantitative estimate of drug-likeness (QED) is 0.791. The second-order valence-corrected chi connectivity index (χ2v) is 6.01. The van der Waals surface area contributed by atoms with E-state index in [4.69, 9.17) is 15.4 Å². The van der Waals surface area contributed by atoms with Gasteiger partial charge in [-0.15, -0.1) is 10.2 Å². The molecule has 0 saturated heterocycles. The van der Waals surface area contributed by atoms with Crippen molar-refractivity contribution in [1.29, 1.82) is 0 Å². The van der Waals surface area contributed by atoms with Crippen molar-refractivity contribution >= 4 is 19.7 Å². The first-order valence-electron chi connectivity index (χ1n) is 5.36. The van der Waals surface area contributed by atoms with E-state index >= 15 is 0 Å². The molecule has 2 rings (SSSR count). The lowest BCUT2D eigenvalue weighted by atomic mass is 10.2. The van der Waals surface area contributed by atoms with Gasteiger partial charge in [0.05, 0.1) is 12.7 Å². The Morgan fingerprint density at radius 3 is 2.74 bits per heavy atom. The normalized spacial score (nSPS) is 11.5. The Morgan fingerprint density at radius 2 is 2.16 bits per heavy atom. The molecular weight excluding hydrogens is 292 g/mol. The van der Waals surface area contributed by atoms with E-state index in [1.54, 1.807) is 25.3 Å². The molecule has 2 heterocycles. The highest BCUT2D eigenvalue weighted by atomic mass is 35.7. The third-order valence-corrected chi connectivity index (χ3v) is 3.61. The number of hydrogen-bond acceptors (Lipinski definition) is 6. The Balaban J connectivity index is 2.67. The van der Waals surface area contributed by atoms with Crippen LogP contribution in [0.25, 0.3) is 11.4 Å². The van der Waals surface area contributed by atoms with Crippen LogP contribution in [-0.2, 0) is 15.6 Å². The molecule has 0 saturated carbocycles. The van der Waals surface area contributed by atoms with Crippen molar-refractivity contribution in [2.45, 2.75) is 18.6 Å². The molecule has 0 aliphatic heterocycles. The van der Waals surface area contributed by atoms with Crippen LogP contribution in [0.4, 0.5) is 0 Å². The van der Waals surface area contributed by atoms with Gasteiger partial charge in [-0.05, 0) is 19.1 Å². The first-order chi connectivity index (χ1) is 8.99. The maximum Gasteiger partial charge on any atom is 0.296 e. The van der Waals surface area contributed by atoms with Gasteiger partial charge < -0.3 is 4.74 Å². The average Bonchev–Trinajstić information content (AvgIpc) is 2.82. The molecule has 0 amide bonds. The summed E-state index contributed by atoms with van der Waals surface area (Å²) in [6.45, 7) is 2.11.